The van der Waals surface area contributed by atoms with Crippen LogP contribution in [0.3, 0.4) is 0 Å². The highest BCUT2D eigenvalue weighted by molar-refractivity contribution is 7.98. The molecule has 4 rings (SSSR count). The van der Waals surface area contributed by atoms with E-state index in [1.165, 1.54) is 15.8 Å². The topological polar surface area (TPSA) is 31.9 Å². The molecular weight excluding hydrogens is 314 g/mol. The van der Waals surface area contributed by atoms with Crippen molar-refractivity contribution in [2.24, 2.45) is 0 Å². The number of thioether (sulfide) groups is 1. The van der Waals surface area contributed by atoms with Crippen LogP contribution in [0.2, 0.25) is 0 Å². The van der Waals surface area contributed by atoms with E-state index in [1.807, 2.05) is 12.3 Å². The average Bonchev–Trinajstić information content (AvgIpc) is 3.27. The van der Waals surface area contributed by atoms with Gasteiger partial charge in [0.15, 0.2) is 0 Å². The predicted octanol–water partition coefficient (Wildman–Crippen LogP) is 4.59. The zero-order valence-corrected chi connectivity index (χ0v) is 14.6. The summed E-state index contributed by atoms with van der Waals surface area (Å²) in [5.41, 5.74) is 4.38. The maximum Gasteiger partial charge on any atom is 0.0513 e. The summed E-state index contributed by atoms with van der Waals surface area (Å²) in [6, 6.07) is 10.3. The molecule has 4 heteroatoms. The van der Waals surface area contributed by atoms with E-state index < -0.39 is 6.98 Å². The number of nitrogens with zero attached hydrogens (tertiary/aromatic N) is 2. The van der Waals surface area contributed by atoms with Crippen molar-refractivity contribution >= 4 is 22.7 Å². The number of benzene rings is 1. The summed E-state index contributed by atoms with van der Waals surface area (Å²) in [4.78, 5) is 10.8. The van der Waals surface area contributed by atoms with Crippen molar-refractivity contribution in [2.45, 2.75) is 30.2 Å². The van der Waals surface area contributed by atoms with E-state index in [2.05, 4.69) is 40.5 Å². The van der Waals surface area contributed by atoms with E-state index in [9.17, 15) is 0 Å². The van der Waals surface area contributed by atoms with Crippen molar-refractivity contribution < 1.29 is 4.11 Å². The van der Waals surface area contributed by atoms with E-state index in [1.54, 1.807) is 22.9 Å². The fourth-order valence-electron chi connectivity index (χ4n) is 3.70. The number of fused-ring (bicyclic) bond motifs is 1. The fraction of sp³-hybridized carbons (Fsp3) is 0.350. The Bertz CT molecular complexity index is 937. The van der Waals surface area contributed by atoms with Gasteiger partial charge in [0.05, 0.1) is 5.69 Å². The van der Waals surface area contributed by atoms with Crippen LogP contribution in [-0.2, 0) is 6.42 Å². The third kappa shape index (κ3) is 2.74. The number of nitrogens with one attached hydrogen (secondary N) is 1. The first-order valence-corrected chi connectivity index (χ1v) is 9.56. The van der Waals surface area contributed by atoms with Gasteiger partial charge in [-0.05, 0) is 68.9 Å². The second-order valence-corrected chi connectivity index (χ2v) is 7.14. The summed E-state index contributed by atoms with van der Waals surface area (Å²) in [5, 5.41) is 1.21. The highest BCUT2D eigenvalue weighted by Gasteiger charge is 2.25. The molecule has 1 N–H and O–H groups in total. The highest BCUT2D eigenvalue weighted by atomic mass is 32.2. The van der Waals surface area contributed by atoms with Gasteiger partial charge >= 0.3 is 0 Å². The van der Waals surface area contributed by atoms with Crippen LogP contribution in [-0.4, -0.2) is 40.7 Å². The molecule has 0 saturated carbocycles. The molecule has 1 atom stereocenters. The van der Waals surface area contributed by atoms with Crippen LogP contribution in [0.5, 0.6) is 0 Å². The van der Waals surface area contributed by atoms with E-state index in [-0.39, 0.29) is 6.04 Å². The maximum absolute atomic E-state index is 7.88. The lowest BCUT2D eigenvalue weighted by atomic mass is 9.98. The Labute approximate surface area is 151 Å². The summed E-state index contributed by atoms with van der Waals surface area (Å²) in [5.74, 6) is 0. The van der Waals surface area contributed by atoms with Crippen LogP contribution in [0, 0.1) is 0 Å². The van der Waals surface area contributed by atoms with Crippen molar-refractivity contribution in [1.82, 2.24) is 14.9 Å². The molecule has 0 radical (unpaired) electrons. The van der Waals surface area contributed by atoms with E-state index in [0.717, 1.165) is 36.0 Å². The van der Waals surface area contributed by atoms with Gasteiger partial charge in [0.25, 0.3) is 0 Å². The Morgan fingerprint density at radius 3 is 3.12 bits per heavy atom. The second-order valence-electron chi connectivity index (χ2n) is 6.30. The summed E-state index contributed by atoms with van der Waals surface area (Å²) < 4.78 is 23.7. The minimum atomic E-state index is -2.04. The lowest BCUT2D eigenvalue weighted by Crippen LogP contribution is -2.26. The minimum Gasteiger partial charge on any atom is -0.354 e. The molecule has 1 aliphatic heterocycles. The Hall–Kier alpha value is -1.78. The Morgan fingerprint density at radius 1 is 1.38 bits per heavy atom. The van der Waals surface area contributed by atoms with Gasteiger partial charge in [0, 0.05) is 43.9 Å². The normalized spacial score (nSPS) is 20.9. The zero-order valence-electron chi connectivity index (χ0n) is 16.7. The van der Waals surface area contributed by atoms with Crippen LogP contribution >= 0.6 is 11.8 Å². The first-order valence-electron chi connectivity index (χ1n) is 9.83. The molecule has 3 nitrogen and oxygen atoms in total. The Balaban J connectivity index is 1.85. The molecule has 124 valence electrons. The third-order valence-corrected chi connectivity index (χ3v) is 5.66. The van der Waals surface area contributed by atoms with Gasteiger partial charge in [-0.25, -0.2) is 0 Å². The largest absolute Gasteiger partial charge is 0.354 e. The van der Waals surface area contributed by atoms with Crippen LogP contribution in [0.25, 0.3) is 22.2 Å². The minimum absolute atomic E-state index is 0.0295. The van der Waals surface area contributed by atoms with Crippen LogP contribution in [0.4, 0.5) is 0 Å². The van der Waals surface area contributed by atoms with E-state index in [0.29, 0.717) is 6.54 Å². The average molecular weight is 341 g/mol. The third-order valence-electron chi connectivity index (χ3n) is 4.88. The molecule has 24 heavy (non-hydrogen) atoms. The smallest absolute Gasteiger partial charge is 0.0513 e. The van der Waals surface area contributed by atoms with E-state index in [4.69, 9.17) is 4.11 Å². The Kier molecular flexibility index (Phi) is 3.46. The summed E-state index contributed by atoms with van der Waals surface area (Å²) in [6.45, 7) is -1.40. The number of hydrogen-bond acceptors (Lipinski definition) is 3. The zero-order chi connectivity index (χ0) is 19.0. The fourth-order valence-corrected chi connectivity index (χ4v) is 4.35. The van der Waals surface area contributed by atoms with Gasteiger partial charge in [0.2, 0.25) is 0 Å². The maximum atomic E-state index is 7.88. The summed E-state index contributed by atoms with van der Waals surface area (Å²) in [7, 11) is 0. The standard InChI is InChI=1S/C20H23N3S/c1-23-11-5-7-15(23)12-16-19-17(8-3-9-18(19)24-2)22-20(16)14-6-4-10-21-13-14/h3-4,6,8-10,13,15,22H,5,7,11-12H2,1-2H3/t15-/m1/s1/i1D3. The summed E-state index contributed by atoms with van der Waals surface area (Å²) >= 11 is 1.72. The molecule has 0 bridgehead atoms. The molecule has 3 heterocycles. The number of hydrogen-bond donors (Lipinski definition) is 1. The van der Waals surface area contributed by atoms with E-state index >= 15 is 0 Å². The van der Waals surface area contributed by atoms with Gasteiger partial charge in [-0.3, -0.25) is 4.98 Å². The molecule has 0 amide bonds. The molecule has 0 aliphatic carbocycles. The molecule has 1 fully saturated rings. The molecule has 1 aromatic carbocycles. The lowest BCUT2D eigenvalue weighted by molar-refractivity contribution is 0.310. The lowest BCUT2D eigenvalue weighted by Gasteiger charge is -2.20. The SMILES string of the molecule is [2H]C([2H])([2H])N1CCC[C@@H]1Cc1c(-c2cccnc2)[nH]c2cccc(SC)c12. The number of H-pyrrole nitrogens is 1. The number of aromatic nitrogens is 2. The quantitative estimate of drug-likeness (QED) is 0.705. The first-order chi connectivity index (χ1) is 13.0. The monoisotopic (exact) mass is 340 g/mol. The number of likely N-dealkylation sites (N-methyl/N-ethyl adjacent to an activating group) is 1. The highest BCUT2D eigenvalue weighted by Crippen LogP contribution is 2.37. The molecular formula is C20H23N3S. The van der Waals surface area contributed by atoms with Crippen molar-refractivity contribution in [1.29, 1.82) is 0 Å². The number of likely N-dealkylation sites (tertiary alicyclic amines) is 1. The molecule has 0 spiro atoms. The second kappa shape index (κ2) is 6.61. The molecule has 2 aromatic heterocycles. The van der Waals surface area contributed by atoms with Gasteiger partial charge in [0.1, 0.15) is 0 Å². The van der Waals surface area contributed by atoms with Crippen molar-refractivity contribution in [3.8, 4) is 11.3 Å². The van der Waals surface area contributed by atoms with Gasteiger partial charge in [-0.15, -0.1) is 11.8 Å². The van der Waals surface area contributed by atoms with Crippen molar-refractivity contribution in [3.05, 3.63) is 48.3 Å². The van der Waals surface area contributed by atoms with Crippen molar-refractivity contribution in [2.75, 3.05) is 19.8 Å². The molecule has 3 aromatic rings. The van der Waals surface area contributed by atoms with Crippen LogP contribution in [0.1, 0.15) is 22.5 Å². The Morgan fingerprint density at radius 2 is 2.33 bits per heavy atom. The predicted molar refractivity (Wildman–Crippen MR) is 103 cm³/mol. The number of rotatable bonds is 4. The van der Waals surface area contributed by atoms with Crippen LogP contribution in [0.15, 0.2) is 47.6 Å². The first kappa shape index (κ1) is 12.6. The van der Waals surface area contributed by atoms with Gasteiger partial charge in [-0.1, -0.05) is 6.07 Å². The van der Waals surface area contributed by atoms with Crippen LogP contribution < -0.4 is 0 Å². The molecule has 1 aliphatic rings. The van der Waals surface area contributed by atoms with Gasteiger partial charge < -0.3 is 9.88 Å². The summed E-state index contributed by atoms with van der Waals surface area (Å²) in [6.07, 6.45) is 8.29. The van der Waals surface area contributed by atoms with Gasteiger partial charge in [-0.2, -0.15) is 0 Å². The molecule has 1 saturated heterocycles. The number of pyridine rings is 1. The number of aromatic amines is 1. The molecule has 0 unspecified atom stereocenters. The van der Waals surface area contributed by atoms with Crippen molar-refractivity contribution in [3.63, 3.8) is 0 Å².